The number of ether oxygens (including phenoxy) is 5. The summed E-state index contributed by atoms with van der Waals surface area (Å²) >= 11 is 0. The molecule has 0 aromatic heterocycles. The van der Waals surface area contributed by atoms with E-state index in [-0.39, 0.29) is 0 Å². The Hall–Kier alpha value is -2.10. The van der Waals surface area contributed by atoms with Crippen LogP contribution >= 0.6 is 15.6 Å². The molecule has 0 aliphatic carbocycles. The van der Waals surface area contributed by atoms with Gasteiger partial charge < -0.3 is 64.1 Å². The highest BCUT2D eigenvalue weighted by Gasteiger charge is 2.54. The lowest BCUT2D eigenvalue weighted by molar-refractivity contribution is -0.296. The molecular formula is C20H34N2O19P2. The number of carbonyl (C=O) groups is 4. The van der Waals surface area contributed by atoms with Crippen LogP contribution in [0.4, 0.5) is 0 Å². The third-order valence-corrected chi connectivity index (χ3v) is 6.77. The number of hydrogen-bond donors (Lipinski definition) is 8. The van der Waals surface area contributed by atoms with Crippen LogP contribution in [0.2, 0.25) is 0 Å². The monoisotopic (exact) mass is 668 g/mol. The van der Waals surface area contributed by atoms with E-state index in [1.54, 1.807) is 0 Å². The van der Waals surface area contributed by atoms with Crippen LogP contribution in [0.1, 0.15) is 27.7 Å². The number of carbonyl (C=O) groups excluding carboxylic acids is 4. The lowest BCUT2D eigenvalue weighted by atomic mass is 9.95. The Bertz CT molecular complexity index is 1110. The van der Waals surface area contributed by atoms with E-state index in [0.717, 1.165) is 27.7 Å². The van der Waals surface area contributed by atoms with Crippen LogP contribution in [0, 0.1) is 0 Å². The summed E-state index contributed by atoms with van der Waals surface area (Å²) < 4.78 is 59.3. The number of phosphoric acid groups is 2. The molecule has 10 atom stereocenters. The molecule has 2 heterocycles. The molecule has 23 heteroatoms. The van der Waals surface area contributed by atoms with Crippen molar-refractivity contribution in [3.05, 3.63) is 0 Å². The zero-order valence-electron chi connectivity index (χ0n) is 23.1. The summed E-state index contributed by atoms with van der Waals surface area (Å²) in [5.74, 6) is -3.51. The van der Waals surface area contributed by atoms with Crippen molar-refractivity contribution < 1.29 is 90.8 Å². The van der Waals surface area contributed by atoms with Gasteiger partial charge in [-0.05, 0) is 0 Å². The van der Waals surface area contributed by atoms with E-state index in [1.807, 2.05) is 0 Å². The Morgan fingerprint density at radius 2 is 1.19 bits per heavy atom. The van der Waals surface area contributed by atoms with Crippen LogP contribution in [-0.4, -0.2) is 128 Å². The summed E-state index contributed by atoms with van der Waals surface area (Å²) in [5.41, 5.74) is 0. The van der Waals surface area contributed by atoms with Crippen LogP contribution < -0.4 is 10.6 Å². The molecule has 0 spiro atoms. The first-order chi connectivity index (χ1) is 19.7. The predicted octanol–water partition coefficient (Wildman–Crippen LogP) is -3.73. The normalized spacial score (nSPS) is 33.3. The zero-order valence-corrected chi connectivity index (χ0v) is 24.9. The van der Waals surface area contributed by atoms with Crippen molar-refractivity contribution >= 4 is 39.4 Å². The van der Waals surface area contributed by atoms with Crippen molar-refractivity contribution in [2.45, 2.75) is 89.0 Å². The van der Waals surface area contributed by atoms with Crippen LogP contribution in [0.5, 0.6) is 0 Å². The molecule has 21 nitrogen and oxygen atoms in total. The van der Waals surface area contributed by atoms with Gasteiger partial charge in [0.25, 0.3) is 0 Å². The highest BCUT2D eigenvalue weighted by molar-refractivity contribution is 7.46. The summed E-state index contributed by atoms with van der Waals surface area (Å²) in [6.07, 6.45) is -14.2. The van der Waals surface area contributed by atoms with Crippen molar-refractivity contribution in [1.29, 1.82) is 0 Å². The van der Waals surface area contributed by atoms with E-state index in [4.69, 9.17) is 23.7 Å². The average Bonchev–Trinajstić information content (AvgIpc) is 2.82. The second kappa shape index (κ2) is 15.3. The van der Waals surface area contributed by atoms with Gasteiger partial charge in [0.15, 0.2) is 24.8 Å². The van der Waals surface area contributed by atoms with Gasteiger partial charge in [0, 0.05) is 27.7 Å². The minimum absolute atomic E-state index is 0.770. The first-order valence-corrected chi connectivity index (χ1v) is 15.4. The van der Waals surface area contributed by atoms with Crippen molar-refractivity contribution in [3.63, 3.8) is 0 Å². The smallest absolute Gasteiger partial charge is 0.457 e. The molecule has 0 bridgehead atoms. The number of esters is 2. The number of nitrogens with one attached hydrogen (secondary N) is 2. The number of rotatable bonds is 12. The van der Waals surface area contributed by atoms with E-state index in [2.05, 4.69) is 19.7 Å². The Morgan fingerprint density at radius 1 is 0.721 bits per heavy atom. The second-order valence-electron chi connectivity index (χ2n) is 9.35. The molecule has 2 aliphatic heterocycles. The number of aliphatic hydroxyl groups excluding tert-OH is 2. The molecule has 0 aromatic carbocycles. The largest absolute Gasteiger partial charge is 0.472 e. The quantitative estimate of drug-likeness (QED) is 0.0732. The van der Waals surface area contributed by atoms with Crippen LogP contribution in [-0.2, 0) is 61.0 Å². The topological polar surface area (TPSA) is 312 Å². The van der Waals surface area contributed by atoms with Gasteiger partial charge in [-0.25, -0.2) is 9.13 Å². The third-order valence-electron chi connectivity index (χ3n) is 5.77. The van der Waals surface area contributed by atoms with Gasteiger partial charge in [-0.3, -0.25) is 28.2 Å². The van der Waals surface area contributed by atoms with Gasteiger partial charge in [-0.15, -0.1) is 0 Å². The highest BCUT2D eigenvalue weighted by atomic mass is 31.2. The average molecular weight is 668 g/mol. The van der Waals surface area contributed by atoms with Gasteiger partial charge >= 0.3 is 27.6 Å². The summed E-state index contributed by atoms with van der Waals surface area (Å²) in [4.78, 5) is 84.8. The predicted molar refractivity (Wildman–Crippen MR) is 133 cm³/mol. The molecule has 0 aromatic rings. The van der Waals surface area contributed by atoms with E-state index < -0.39 is 114 Å². The van der Waals surface area contributed by atoms with Gasteiger partial charge in [-0.1, -0.05) is 0 Å². The summed E-state index contributed by atoms with van der Waals surface area (Å²) in [5, 5.41) is 25.3. The van der Waals surface area contributed by atoms with Gasteiger partial charge in [-0.2, -0.15) is 0 Å². The fourth-order valence-corrected chi connectivity index (χ4v) is 5.41. The lowest BCUT2D eigenvalue weighted by Crippen LogP contribution is -2.67. The van der Waals surface area contributed by atoms with Crippen molar-refractivity contribution in [3.8, 4) is 0 Å². The Kier molecular flexibility index (Phi) is 13.2. The standard InChI is InChI=1S/C20H34N2O19P2/c1-7(24)21-13-17(36-9(3)26)15(28)12(39-20(13)41-43(32,33)34)6-35-19-14(22-8(2)25)18(37-10(4)27)16(11(5-23)38-19)40-42(29,30)31/h11-20,23,28H,5-6H2,1-4H3,(H,21,24)(H,22,25)(H2,29,30,31)(H2,32,33,34)/t11-,12-,13-,14-,15-,16-,17-,18-,19-,20-/m1/s1. The van der Waals surface area contributed by atoms with Gasteiger partial charge in [0.2, 0.25) is 11.8 Å². The van der Waals surface area contributed by atoms with Gasteiger partial charge in [0.05, 0.1) is 13.2 Å². The minimum Gasteiger partial charge on any atom is -0.457 e. The Labute approximate surface area is 243 Å². The summed E-state index contributed by atoms with van der Waals surface area (Å²) in [6, 6.07) is -3.20. The maximum Gasteiger partial charge on any atom is 0.472 e. The summed E-state index contributed by atoms with van der Waals surface area (Å²) in [7, 11) is -10.6. The van der Waals surface area contributed by atoms with Crippen molar-refractivity contribution in [2.75, 3.05) is 13.2 Å². The molecule has 0 unspecified atom stereocenters. The molecule has 2 aliphatic rings. The number of amides is 2. The molecule has 8 N–H and O–H groups in total. The number of aliphatic hydroxyl groups is 2. The van der Waals surface area contributed by atoms with Crippen LogP contribution in [0.25, 0.3) is 0 Å². The molecule has 0 radical (unpaired) electrons. The van der Waals surface area contributed by atoms with Crippen molar-refractivity contribution in [1.82, 2.24) is 10.6 Å². The molecule has 2 rings (SSSR count). The van der Waals surface area contributed by atoms with Crippen LogP contribution in [0.15, 0.2) is 0 Å². The van der Waals surface area contributed by atoms with E-state index in [9.17, 15) is 58.1 Å². The van der Waals surface area contributed by atoms with Gasteiger partial charge in [0.1, 0.15) is 36.5 Å². The second-order valence-corrected chi connectivity index (χ2v) is 11.7. The van der Waals surface area contributed by atoms with Crippen molar-refractivity contribution in [2.24, 2.45) is 0 Å². The van der Waals surface area contributed by atoms with Crippen LogP contribution in [0.3, 0.4) is 0 Å². The number of phosphoric ester groups is 2. The molecule has 0 saturated carbocycles. The molecule has 2 saturated heterocycles. The van der Waals surface area contributed by atoms with E-state index >= 15 is 0 Å². The third kappa shape index (κ3) is 11.4. The molecule has 248 valence electrons. The molecule has 2 amide bonds. The molecule has 2 fully saturated rings. The Morgan fingerprint density at radius 3 is 1.63 bits per heavy atom. The first-order valence-electron chi connectivity index (χ1n) is 12.3. The maximum absolute atomic E-state index is 12.0. The fourth-order valence-electron chi connectivity index (χ4n) is 4.39. The van der Waals surface area contributed by atoms with E-state index in [0.29, 0.717) is 0 Å². The Balaban J connectivity index is 2.43. The SMILES string of the molecule is CC(=O)N[C@H]1[C@H](OC[C@H]2O[C@H](OP(=O)(O)O)[C@H](NC(C)=O)[C@@H](OC(C)=O)[C@@H]2O)O[C@H](CO)[C@@H](OP(=O)(O)O)[C@@H]1OC(C)=O. The highest BCUT2D eigenvalue weighted by Crippen LogP contribution is 2.43. The molecular weight excluding hydrogens is 634 g/mol. The fraction of sp³-hybridized carbons (Fsp3) is 0.800. The molecule has 43 heavy (non-hydrogen) atoms. The van der Waals surface area contributed by atoms with E-state index in [1.165, 1.54) is 0 Å². The lowest BCUT2D eigenvalue weighted by Gasteiger charge is -2.46. The maximum atomic E-state index is 12.0. The first kappa shape index (κ1) is 37.1. The minimum atomic E-state index is -5.32. The summed E-state index contributed by atoms with van der Waals surface area (Å²) in [6.45, 7) is 2.16. The zero-order chi connectivity index (χ0) is 32.9. The number of hydrogen-bond acceptors (Lipinski definition) is 15.